The number of hydrogen-bond acceptors (Lipinski definition) is 5. The smallest absolute Gasteiger partial charge is 0.276 e. The summed E-state index contributed by atoms with van der Waals surface area (Å²) in [4.78, 5) is 15.8. The predicted molar refractivity (Wildman–Crippen MR) is 60.4 cm³/mol. The molecule has 1 N–H and O–H groups in total. The van der Waals surface area contributed by atoms with Crippen LogP contribution in [0.2, 0.25) is 0 Å². The molecule has 17 heavy (non-hydrogen) atoms. The van der Waals surface area contributed by atoms with Crippen LogP contribution in [-0.4, -0.2) is 31.1 Å². The first-order chi connectivity index (χ1) is 8.20. The maximum atomic E-state index is 11.8. The van der Waals surface area contributed by atoms with E-state index in [0.29, 0.717) is 18.2 Å². The van der Waals surface area contributed by atoms with E-state index < -0.39 is 0 Å². The molecule has 0 saturated heterocycles. The van der Waals surface area contributed by atoms with Crippen LogP contribution in [0.1, 0.15) is 23.0 Å². The molecule has 2 aromatic heterocycles. The van der Waals surface area contributed by atoms with Crippen LogP contribution in [0.3, 0.4) is 0 Å². The lowest BCUT2D eigenvalue weighted by Crippen LogP contribution is -2.17. The van der Waals surface area contributed by atoms with Crippen molar-refractivity contribution >= 4 is 11.9 Å². The van der Waals surface area contributed by atoms with Crippen LogP contribution in [0.5, 0.6) is 0 Å². The predicted octanol–water partition coefficient (Wildman–Crippen LogP) is 0.649. The minimum absolute atomic E-state index is 0.319. The molecule has 0 aliphatic heterocycles. The number of amides is 1. The zero-order valence-corrected chi connectivity index (χ0v) is 9.58. The van der Waals surface area contributed by atoms with Gasteiger partial charge in [-0.3, -0.25) is 15.1 Å². The van der Waals surface area contributed by atoms with Gasteiger partial charge in [0.25, 0.3) is 5.91 Å². The first-order valence-corrected chi connectivity index (χ1v) is 5.21. The Balaban J connectivity index is 2.14. The minimum atomic E-state index is -0.325. The molecule has 0 aromatic carbocycles. The average molecular weight is 232 g/mol. The third kappa shape index (κ3) is 2.44. The van der Waals surface area contributed by atoms with Crippen molar-refractivity contribution in [1.29, 1.82) is 0 Å². The van der Waals surface area contributed by atoms with Gasteiger partial charge in [-0.1, -0.05) is 11.2 Å². The molecule has 2 rings (SSSR count). The quantitative estimate of drug-likeness (QED) is 0.839. The highest BCUT2D eigenvalue weighted by Gasteiger charge is 2.11. The van der Waals surface area contributed by atoms with E-state index in [1.165, 1.54) is 4.68 Å². The summed E-state index contributed by atoms with van der Waals surface area (Å²) in [7, 11) is 0. The summed E-state index contributed by atoms with van der Waals surface area (Å²) in [5, 5.41) is 13.5. The Morgan fingerprint density at radius 3 is 2.94 bits per heavy atom. The second-order valence-corrected chi connectivity index (χ2v) is 3.49. The summed E-state index contributed by atoms with van der Waals surface area (Å²) in [6.45, 7) is 4.38. The van der Waals surface area contributed by atoms with Crippen LogP contribution in [-0.2, 0) is 6.54 Å². The normalized spacial score (nSPS) is 10.2. The maximum absolute atomic E-state index is 11.8. The number of carbonyl (C=O) groups excluding carboxylic acids is 1. The summed E-state index contributed by atoms with van der Waals surface area (Å²) >= 11 is 0. The van der Waals surface area contributed by atoms with Gasteiger partial charge in [0.15, 0.2) is 0 Å². The van der Waals surface area contributed by atoms with Crippen molar-refractivity contribution in [2.45, 2.75) is 20.4 Å². The van der Waals surface area contributed by atoms with Gasteiger partial charge in [-0.25, -0.2) is 4.68 Å². The molecule has 0 unspecified atom stereocenters. The molecule has 7 nitrogen and oxygen atoms in total. The first kappa shape index (κ1) is 11.2. The Morgan fingerprint density at radius 1 is 1.47 bits per heavy atom. The van der Waals surface area contributed by atoms with E-state index in [0.717, 1.165) is 5.56 Å². The molecule has 0 aliphatic carbocycles. The van der Waals surface area contributed by atoms with Gasteiger partial charge in [-0.15, -0.1) is 0 Å². The van der Waals surface area contributed by atoms with E-state index in [2.05, 4.69) is 25.8 Å². The van der Waals surface area contributed by atoms with Gasteiger partial charge in [-0.2, -0.15) is 0 Å². The van der Waals surface area contributed by atoms with Gasteiger partial charge in [0, 0.05) is 12.7 Å². The van der Waals surface area contributed by atoms with Crippen LogP contribution >= 0.6 is 0 Å². The lowest BCUT2D eigenvalue weighted by molar-refractivity contribution is 0.102. The van der Waals surface area contributed by atoms with Gasteiger partial charge < -0.3 is 0 Å². The van der Waals surface area contributed by atoms with E-state index in [-0.39, 0.29) is 5.91 Å². The molecule has 7 heteroatoms. The third-order valence-corrected chi connectivity index (χ3v) is 2.20. The Kier molecular flexibility index (Phi) is 3.08. The van der Waals surface area contributed by atoms with Crippen LogP contribution < -0.4 is 5.32 Å². The van der Waals surface area contributed by atoms with Gasteiger partial charge in [-0.05, 0) is 35.9 Å². The lowest BCUT2D eigenvalue weighted by atomic mass is 10.2. The van der Waals surface area contributed by atoms with Gasteiger partial charge in [0.2, 0.25) is 5.95 Å². The molecule has 0 aliphatic rings. The molecule has 0 fully saturated rings. The number of nitrogens with zero attached hydrogens (tertiary/aromatic N) is 5. The molecule has 1 amide bonds. The minimum Gasteiger partial charge on any atom is -0.288 e. The molecule has 2 heterocycles. The van der Waals surface area contributed by atoms with E-state index in [9.17, 15) is 4.79 Å². The van der Waals surface area contributed by atoms with Crippen molar-refractivity contribution in [2.24, 2.45) is 0 Å². The number of hydrogen-bond donors (Lipinski definition) is 1. The van der Waals surface area contributed by atoms with Crippen molar-refractivity contribution in [1.82, 2.24) is 25.2 Å². The first-order valence-electron chi connectivity index (χ1n) is 5.21. The number of anilines is 1. The Labute approximate surface area is 97.9 Å². The zero-order valence-electron chi connectivity index (χ0n) is 9.58. The number of aryl methyl sites for hydroxylation is 2. The van der Waals surface area contributed by atoms with Gasteiger partial charge in [0.1, 0.15) is 5.69 Å². The monoisotopic (exact) mass is 232 g/mol. The molecule has 0 bridgehead atoms. The van der Waals surface area contributed by atoms with Crippen molar-refractivity contribution in [3.8, 4) is 0 Å². The number of nitrogens with one attached hydrogen (secondary N) is 1. The number of carbonyl (C=O) groups is 1. The number of tetrazole rings is 1. The molecule has 2 aromatic rings. The fourth-order valence-corrected chi connectivity index (χ4v) is 1.27. The highest BCUT2D eigenvalue weighted by Crippen LogP contribution is 2.04. The SMILES string of the molecule is CCn1nnnc1NC(=O)c1ccc(C)cn1. The second kappa shape index (κ2) is 4.69. The largest absolute Gasteiger partial charge is 0.288 e. The molecular formula is C10H12N6O. The summed E-state index contributed by atoms with van der Waals surface area (Å²) < 4.78 is 1.49. The lowest BCUT2D eigenvalue weighted by Gasteiger charge is -2.03. The van der Waals surface area contributed by atoms with Crippen molar-refractivity contribution < 1.29 is 4.79 Å². The van der Waals surface area contributed by atoms with E-state index in [4.69, 9.17) is 0 Å². The number of aromatic nitrogens is 5. The van der Waals surface area contributed by atoms with Crippen LogP contribution in [0.25, 0.3) is 0 Å². The number of pyridine rings is 1. The van der Waals surface area contributed by atoms with Crippen LogP contribution in [0.15, 0.2) is 18.3 Å². The molecule has 0 radical (unpaired) electrons. The summed E-state index contributed by atoms with van der Waals surface area (Å²) in [5.74, 6) is -0.00521. The van der Waals surface area contributed by atoms with E-state index in [1.54, 1.807) is 12.3 Å². The second-order valence-electron chi connectivity index (χ2n) is 3.49. The average Bonchev–Trinajstić information content (AvgIpc) is 2.77. The zero-order chi connectivity index (χ0) is 12.3. The Hall–Kier alpha value is -2.31. The summed E-state index contributed by atoms with van der Waals surface area (Å²) in [5.41, 5.74) is 1.33. The van der Waals surface area contributed by atoms with Gasteiger partial charge in [0.05, 0.1) is 0 Å². The fraction of sp³-hybridized carbons (Fsp3) is 0.300. The molecule has 0 spiro atoms. The van der Waals surface area contributed by atoms with E-state index >= 15 is 0 Å². The molecule has 0 atom stereocenters. The van der Waals surface area contributed by atoms with E-state index in [1.807, 2.05) is 19.9 Å². The van der Waals surface area contributed by atoms with Crippen LogP contribution in [0.4, 0.5) is 5.95 Å². The molecular weight excluding hydrogens is 220 g/mol. The maximum Gasteiger partial charge on any atom is 0.276 e. The van der Waals surface area contributed by atoms with Gasteiger partial charge >= 0.3 is 0 Å². The summed E-state index contributed by atoms with van der Waals surface area (Å²) in [6, 6.07) is 3.48. The Bertz CT molecular complexity index is 518. The van der Waals surface area contributed by atoms with Crippen molar-refractivity contribution in [3.63, 3.8) is 0 Å². The molecule has 88 valence electrons. The van der Waals surface area contributed by atoms with Crippen LogP contribution in [0, 0.1) is 6.92 Å². The summed E-state index contributed by atoms with van der Waals surface area (Å²) in [6.07, 6.45) is 1.64. The van der Waals surface area contributed by atoms with Crippen molar-refractivity contribution in [3.05, 3.63) is 29.6 Å². The van der Waals surface area contributed by atoms with Crippen molar-refractivity contribution in [2.75, 3.05) is 5.32 Å². The fourth-order valence-electron chi connectivity index (χ4n) is 1.27. The standard InChI is InChI=1S/C10H12N6O/c1-3-16-10(13-14-15-16)12-9(17)8-5-4-7(2)6-11-8/h4-6H,3H2,1-2H3,(H,12,13,15,17). The number of rotatable bonds is 3. The third-order valence-electron chi connectivity index (χ3n) is 2.20. The highest BCUT2D eigenvalue weighted by atomic mass is 16.2. The highest BCUT2D eigenvalue weighted by molar-refractivity contribution is 6.01. The molecule has 0 saturated carbocycles. The topological polar surface area (TPSA) is 85.6 Å². The Morgan fingerprint density at radius 2 is 2.29 bits per heavy atom.